The fraction of sp³-hybridized carbons (Fsp3) is 0.167. The van der Waals surface area contributed by atoms with Crippen LogP contribution >= 0.6 is 12.4 Å². The van der Waals surface area contributed by atoms with Crippen molar-refractivity contribution >= 4 is 35.8 Å². The number of ether oxygens (including phenoxy) is 1. The Kier molecular flexibility index (Phi) is 9.20. The first kappa shape index (κ1) is 25.6. The Labute approximate surface area is 198 Å². The summed E-state index contributed by atoms with van der Waals surface area (Å²) in [6.07, 6.45) is -0.564. The molecule has 3 rings (SSSR count). The van der Waals surface area contributed by atoms with Gasteiger partial charge in [-0.1, -0.05) is 18.2 Å². The minimum atomic E-state index is -0.564. The Morgan fingerprint density at radius 2 is 1.70 bits per heavy atom. The van der Waals surface area contributed by atoms with E-state index in [-0.39, 0.29) is 24.1 Å². The first-order chi connectivity index (χ1) is 15.3. The molecule has 0 heterocycles. The lowest BCUT2D eigenvalue weighted by molar-refractivity contribution is 0.102. The summed E-state index contributed by atoms with van der Waals surface area (Å²) in [5.41, 5.74) is 8.56. The molecule has 9 heteroatoms. The zero-order valence-corrected chi connectivity index (χ0v) is 19.1. The molecule has 4 N–H and O–H groups in total. The lowest BCUT2D eigenvalue weighted by atomic mass is 10.0. The van der Waals surface area contributed by atoms with Crippen molar-refractivity contribution in [3.8, 4) is 16.9 Å². The molecule has 0 aromatic heterocycles. The Bertz CT molecular complexity index is 1110. The third-order valence-electron chi connectivity index (χ3n) is 4.61. The Morgan fingerprint density at radius 1 is 1.00 bits per heavy atom. The summed E-state index contributed by atoms with van der Waals surface area (Å²) >= 11 is 0. The molecule has 0 fully saturated rings. The average molecular weight is 473 g/mol. The zero-order valence-electron chi connectivity index (χ0n) is 18.3. The highest BCUT2D eigenvalue weighted by molar-refractivity contribution is 6.06. The summed E-state index contributed by atoms with van der Waals surface area (Å²) in [5, 5.41) is 5.41. The third-order valence-corrected chi connectivity index (χ3v) is 4.61. The number of benzene rings is 3. The maximum Gasteiger partial charge on any atom is 0.412 e. The van der Waals surface area contributed by atoms with Crippen LogP contribution in [0.5, 0.6) is 5.75 Å². The highest BCUT2D eigenvalue weighted by Crippen LogP contribution is 2.28. The van der Waals surface area contributed by atoms with Gasteiger partial charge in [0.05, 0.1) is 11.4 Å². The Balaban J connectivity index is 0.00000385. The summed E-state index contributed by atoms with van der Waals surface area (Å²) in [6, 6.07) is 17.4. The number of hydrogen-bond donors (Lipinski definition) is 3. The van der Waals surface area contributed by atoms with Gasteiger partial charge < -0.3 is 26.0 Å². The normalized spacial score (nSPS) is 10.3. The molecule has 0 spiro atoms. The van der Waals surface area contributed by atoms with Gasteiger partial charge in [0.15, 0.2) is 0 Å². The van der Waals surface area contributed by atoms with Crippen molar-refractivity contribution < 1.29 is 18.7 Å². The minimum absolute atomic E-state index is 0. The van der Waals surface area contributed by atoms with Crippen molar-refractivity contribution in [1.82, 2.24) is 10.2 Å². The van der Waals surface area contributed by atoms with Crippen molar-refractivity contribution in [3.63, 3.8) is 0 Å². The van der Waals surface area contributed by atoms with Gasteiger partial charge in [-0.15, -0.1) is 12.4 Å². The molecule has 0 aliphatic heterocycles. The van der Waals surface area contributed by atoms with Crippen LogP contribution in [0, 0.1) is 5.82 Å². The van der Waals surface area contributed by atoms with Gasteiger partial charge in [-0.25, -0.2) is 9.18 Å². The average Bonchev–Trinajstić information content (AvgIpc) is 2.75. The van der Waals surface area contributed by atoms with E-state index in [0.717, 1.165) is 5.56 Å². The van der Waals surface area contributed by atoms with Gasteiger partial charge in [0.1, 0.15) is 11.6 Å². The van der Waals surface area contributed by atoms with E-state index in [2.05, 4.69) is 10.6 Å². The summed E-state index contributed by atoms with van der Waals surface area (Å²) in [4.78, 5) is 26.4. The van der Waals surface area contributed by atoms with Crippen molar-refractivity contribution in [2.75, 3.05) is 38.2 Å². The molecule has 3 aromatic carbocycles. The first-order valence-corrected chi connectivity index (χ1v) is 9.99. The number of carbonyl (C=O) groups excluding carboxylic acids is 2. The van der Waals surface area contributed by atoms with Crippen LogP contribution in [-0.2, 0) is 0 Å². The minimum Gasteiger partial charge on any atom is -0.410 e. The molecule has 0 unspecified atom stereocenters. The van der Waals surface area contributed by atoms with Gasteiger partial charge in [-0.05, 0) is 73.8 Å². The molecule has 0 saturated carbocycles. The van der Waals surface area contributed by atoms with Gasteiger partial charge >= 0.3 is 6.09 Å². The third kappa shape index (κ3) is 7.48. The number of amides is 2. The highest BCUT2D eigenvalue weighted by atomic mass is 35.5. The molecule has 0 aliphatic rings. The van der Waals surface area contributed by atoms with Gasteiger partial charge in [0.25, 0.3) is 5.91 Å². The fourth-order valence-electron chi connectivity index (χ4n) is 2.91. The lowest BCUT2D eigenvalue weighted by Crippen LogP contribution is -2.33. The standard InChI is InChI=1S/C24H25FN4O3.ClH/c1-29(2)13-12-27-24(31)32-20-9-6-16(7-10-20)23(30)28-22-15-18(8-11-21(22)26)17-4-3-5-19(25)14-17;/h3-11,14-15H,12-13,26H2,1-2H3,(H,27,31)(H,28,30);1H. The number of nitrogens with one attached hydrogen (secondary N) is 2. The molecular weight excluding hydrogens is 447 g/mol. The molecule has 174 valence electrons. The fourth-order valence-corrected chi connectivity index (χ4v) is 2.91. The van der Waals surface area contributed by atoms with Crippen LogP contribution in [0.2, 0.25) is 0 Å². The number of likely N-dealkylation sites (N-methyl/N-ethyl adjacent to an activating group) is 1. The molecule has 7 nitrogen and oxygen atoms in total. The number of nitrogens with two attached hydrogens (primary N) is 1. The Hall–Kier alpha value is -3.62. The quantitative estimate of drug-likeness (QED) is 0.443. The summed E-state index contributed by atoms with van der Waals surface area (Å²) in [5.74, 6) is -0.412. The number of carbonyl (C=O) groups is 2. The molecular formula is C24H26ClFN4O3. The highest BCUT2D eigenvalue weighted by Gasteiger charge is 2.11. The van der Waals surface area contributed by atoms with E-state index in [9.17, 15) is 14.0 Å². The van der Waals surface area contributed by atoms with E-state index in [1.165, 1.54) is 24.3 Å². The molecule has 3 aromatic rings. The molecule has 33 heavy (non-hydrogen) atoms. The van der Waals surface area contributed by atoms with Crippen LogP contribution in [0.1, 0.15) is 10.4 Å². The molecule has 2 amide bonds. The van der Waals surface area contributed by atoms with E-state index in [4.69, 9.17) is 10.5 Å². The van der Waals surface area contributed by atoms with E-state index >= 15 is 0 Å². The van der Waals surface area contributed by atoms with Crippen molar-refractivity contribution in [2.45, 2.75) is 0 Å². The lowest BCUT2D eigenvalue weighted by Gasteiger charge is -2.12. The van der Waals surface area contributed by atoms with Gasteiger partial charge in [-0.3, -0.25) is 4.79 Å². The molecule has 0 radical (unpaired) electrons. The number of hydrogen-bond acceptors (Lipinski definition) is 5. The summed E-state index contributed by atoms with van der Waals surface area (Å²) in [6.45, 7) is 1.15. The number of nitrogens with zero attached hydrogens (tertiary/aromatic N) is 1. The topological polar surface area (TPSA) is 96.7 Å². The van der Waals surface area contributed by atoms with Crippen molar-refractivity contribution in [1.29, 1.82) is 0 Å². The molecule has 0 atom stereocenters. The van der Waals surface area contributed by atoms with E-state index in [0.29, 0.717) is 41.3 Å². The van der Waals surface area contributed by atoms with Gasteiger partial charge in [0.2, 0.25) is 0 Å². The molecule has 0 saturated heterocycles. The first-order valence-electron chi connectivity index (χ1n) is 9.99. The maximum absolute atomic E-state index is 13.5. The predicted molar refractivity (Wildman–Crippen MR) is 130 cm³/mol. The maximum atomic E-state index is 13.5. The molecule has 0 bridgehead atoms. The van der Waals surface area contributed by atoms with Crippen molar-refractivity contribution in [2.24, 2.45) is 0 Å². The number of rotatable bonds is 7. The van der Waals surface area contributed by atoms with E-state index < -0.39 is 6.09 Å². The van der Waals surface area contributed by atoms with Crippen molar-refractivity contribution in [3.05, 3.63) is 78.1 Å². The van der Waals surface area contributed by atoms with Crippen LogP contribution in [0.4, 0.5) is 20.6 Å². The second kappa shape index (κ2) is 11.8. The van der Waals surface area contributed by atoms with Crippen LogP contribution in [0.15, 0.2) is 66.7 Å². The van der Waals surface area contributed by atoms with E-state index in [1.807, 2.05) is 19.0 Å². The largest absolute Gasteiger partial charge is 0.412 e. The summed E-state index contributed by atoms with van der Waals surface area (Å²) < 4.78 is 18.7. The smallest absolute Gasteiger partial charge is 0.410 e. The Morgan fingerprint density at radius 3 is 2.36 bits per heavy atom. The van der Waals surface area contributed by atoms with Crippen LogP contribution < -0.4 is 21.1 Å². The van der Waals surface area contributed by atoms with E-state index in [1.54, 1.807) is 42.5 Å². The zero-order chi connectivity index (χ0) is 23.1. The van der Waals surface area contributed by atoms with Crippen LogP contribution in [0.25, 0.3) is 11.1 Å². The van der Waals surface area contributed by atoms with Crippen LogP contribution in [0.3, 0.4) is 0 Å². The second-order valence-electron chi connectivity index (χ2n) is 7.41. The number of nitrogen functional groups attached to an aromatic ring is 1. The number of halogens is 2. The number of anilines is 2. The van der Waals surface area contributed by atoms with Gasteiger partial charge in [0, 0.05) is 18.7 Å². The summed E-state index contributed by atoms with van der Waals surface area (Å²) in [7, 11) is 3.81. The monoisotopic (exact) mass is 472 g/mol. The predicted octanol–water partition coefficient (Wildman–Crippen LogP) is 4.40. The SMILES string of the molecule is CN(C)CCNC(=O)Oc1ccc(C(=O)Nc2cc(-c3cccc(F)c3)ccc2N)cc1.Cl. The van der Waals surface area contributed by atoms with Gasteiger partial charge in [-0.2, -0.15) is 0 Å². The molecule has 0 aliphatic carbocycles. The van der Waals surface area contributed by atoms with Crippen LogP contribution in [-0.4, -0.2) is 44.1 Å². The second-order valence-corrected chi connectivity index (χ2v) is 7.41.